The second-order valence-corrected chi connectivity index (χ2v) is 6.37. The molecule has 8 nitrogen and oxygen atoms in total. The summed E-state index contributed by atoms with van der Waals surface area (Å²) < 4.78 is 45.3. The summed E-state index contributed by atoms with van der Waals surface area (Å²) in [5, 5.41) is 13.4. The Kier molecular flexibility index (Phi) is 7.94. The molecule has 0 heterocycles. The van der Waals surface area contributed by atoms with Gasteiger partial charge >= 0.3 is 5.69 Å². The molecule has 2 aromatic rings. The molecule has 0 atom stereocenters. The minimum absolute atomic E-state index is 0.00218. The number of carbonyl (C=O) groups excluding carboxylic acids is 2. The van der Waals surface area contributed by atoms with Crippen molar-refractivity contribution in [3.8, 4) is 5.75 Å². The maximum atomic E-state index is 13.8. The highest BCUT2D eigenvalue weighted by atomic mass is 19.2. The van der Waals surface area contributed by atoms with Crippen LogP contribution in [0.1, 0.15) is 30.6 Å². The molecule has 2 amide bonds. The van der Waals surface area contributed by atoms with Gasteiger partial charge in [-0.1, -0.05) is 6.92 Å². The third-order valence-corrected chi connectivity index (χ3v) is 4.13. The zero-order chi connectivity index (χ0) is 23.1. The van der Waals surface area contributed by atoms with E-state index in [9.17, 15) is 32.9 Å². The summed E-state index contributed by atoms with van der Waals surface area (Å²) in [5.74, 6) is -6.24. The number of benzene rings is 2. The Morgan fingerprint density at radius 2 is 1.84 bits per heavy atom. The fraction of sp³-hybridized carbons (Fsp3) is 0.300. The van der Waals surface area contributed by atoms with Crippen molar-refractivity contribution in [2.24, 2.45) is 0 Å². The van der Waals surface area contributed by atoms with Crippen molar-refractivity contribution in [2.75, 3.05) is 25.0 Å². The van der Waals surface area contributed by atoms with Gasteiger partial charge in [0.25, 0.3) is 5.91 Å². The normalized spacial score (nSPS) is 10.5. The van der Waals surface area contributed by atoms with E-state index in [0.29, 0.717) is 12.5 Å². The topological polar surface area (TPSA) is 102 Å². The van der Waals surface area contributed by atoms with Crippen LogP contribution >= 0.6 is 0 Å². The molecule has 0 saturated heterocycles. The molecule has 0 fully saturated rings. The highest BCUT2D eigenvalue weighted by Gasteiger charge is 2.24. The molecule has 31 heavy (non-hydrogen) atoms. The number of nitro benzene ring substituents is 1. The second kappa shape index (κ2) is 10.4. The molecule has 2 aromatic carbocycles. The van der Waals surface area contributed by atoms with Gasteiger partial charge in [-0.2, -0.15) is 0 Å². The summed E-state index contributed by atoms with van der Waals surface area (Å²) in [5.41, 5.74) is -1.03. The monoisotopic (exact) mass is 439 g/mol. The van der Waals surface area contributed by atoms with E-state index in [0.717, 1.165) is 17.0 Å². The zero-order valence-corrected chi connectivity index (χ0v) is 16.8. The van der Waals surface area contributed by atoms with Crippen molar-refractivity contribution in [3.05, 3.63) is 63.5 Å². The molecule has 0 spiro atoms. The van der Waals surface area contributed by atoms with E-state index >= 15 is 0 Å². The van der Waals surface area contributed by atoms with E-state index in [-0.39, 0.29) is 24.5 Å². The summed E-state index contributed by atoms with van der Waals surface area (Å²) in [6, 6.07) is 5.17. The van der Waals surface area contributed by atoms with Gasteiger partial charge < -0.3 is 15.0 Å². The van der Waals surface area contributed by atoms with Crippen LogP contribution < -0.4 is 10.1 Å². The van der Waals surface area contributed by atoms with Gasteiger partial charge in [0.15, 0.2) is 23.2 Å². The predicted molar refractivity (Wildman–Crippen MR) is 105 cm³/mol. The second-order valence-electron chi connectivity index (χ2n) is 6.37. The maximum absolute atomic E-state index is 13.8. The molecule has 0 aliphatic heterocycles. The van der Waals surface area contributed by atoms with E-state index in [1.165, 1.54) is 12.1 Å². The first-order valence-corrected chi connectivity index (χ1v) is 9.33. The average molecular weight is 439 g/mol. The Morgan fingerprint density at radius 1 is 1.13 bits per heavy atom. The highest BCUT2D eigenvalue weighted by Crippen LogP contribution is 2.28. The number of nitrogens with one attached hydrogen (secondary N) is 1. The lowest BCUT2D eigenvalue weighted by atomic mass is 10.1. The van der Waals surface area contributed by atoms with Crippen molar-refractivity contribution < 1.29 is 32.4 Å². The van der Waals surface area contributed by atoms with Gasteiger partial charge in [-0.15, -0.1) is 0 Å². The van der Waals surface area contributed by atoms with Crippen LogP contribution in [-0.2, 0) is 4.79 Å². The molecule has 1 N–H and O–H groups in total. The molecule has 0 radical (unpaired) electrons. The minimum Gasteiger partial charge on any atom is -0.487 e. The first kappa shape index (κ1) is 23.6. The quantitative estimate of drug-likeness (QED) is 0.363. The first-order chi connectivity index (χ1) is 14.7. The molecule has 0 aromatic heterocycles. The lowest BCUT2D eigenvalue weighted by Gasteiger charge is -2.22. The van der Waals surface area contributed by atoms with Crippen LogP contribution in [0.25, 0.3) is 0 Å². The van der Waals surface area contributed by atoms with Gasteiger partial charge in [-0.25, -0.2) is 13.2 Å². The number of anilines is 1. The Labute approximate surface area is 175 Å². The minimum atomic E-state index is -1.74. The Hall–Kier alpha value is -3.63. The summed E-state index contributed by atoms with van der Waals surface area (Å²) >= 11 is 0. The Bertz CT molecular complexity index is 1000. The first-order valence-electron chi connectivity index (χ1n) is 9.33. The molecule has 0 aliphatic rings. The summed E-state index contributed by atoms with van der Waals surface area (Å²) in [6.07, 6.45) is 0.456. The molecular weight excluding hydrogens is 419 g/mol. The number of ether oxygens (including phenoxy) is 1. The number of rotatable bonds is 9. The molecule has 11 heteroatoms. The van der Waals surface area contributed by atoms with Crippen LogP contribution in [0.3, 0.4) is 0 Å². The third kappa shape index (κ3) is 5.71. The van der Waals surface area contributed by atoms with E-state index < -0.39 is 52.1 Å². The van der Waals surface area contributed by atoms with E-state index in [1.54, 1.807) is 13.8 Å². The molecule has 0 aliphatic carbocycles. The molecule has 166 valence electrons. The van der Waals surface area contributed by atoms with Crippen molar-refractivity contribution in [2.45, 2.75) is 20.3 Å². The van der Waals surface area contributed by atoms with Gasteiger partial charge in [0.1, 0.15) is 6.54 Å². The standard InChI is InChI=1S/C20H20F3N3O5/c1-3-9-25(11-17(27)24-14-7-6-13(21)18(22)19(14)23)20(28)12-5-8-16(31-4-2)15(10-12)26(29)30/h5-8,10H,3-4,9,11H2,1-2H3,(H,24,27). The van der Waals surface area contributed by atoms with Crippen LogP contribution in [0.4, 0.5) is 24.5 Å². The van der Waals surface area contributed by atoms with Crippen LogP contribution in [0.15, 0.2) is 30.3 Å². The zero-order valence-electron chi connectivity index (χ0n) is 16.8. The summed E-state index contributed by atoms with van der Waals surface area (Å²) in [6.45, 7) is 3.17. The summed E-state index contributed by atoms with van der Waals surface area (Å²) in [4.78, 5) is 36.8. The fourth-order valence-electron chi connectivity index (χ4n) is 2.76. The van der Waals surface area contributed by atoms with Crippen molar-refractivity contribution >= 4 is 23.2 Å². The SMILES string of the molecule is CCCN(CC(=O)Nc1ccc(F)c(F)c1F)C(=O)c1ccc(OCC)c([N+](=O)[O-])c1. The van der Waals surface area contributed by atoms with Crippen LogP contribution in [0.5, 0.6) is 5.75 Å². The molecule has 0 unspecified atom stereocenters. The fourth-order valence-corrected chi connectivity index (χ4v) is 2.76. The van der Waals surface area contributed by atoms with Crippen molar-refractivity contribution in [1.82, 2.24) is 4.90 Å². The number of amides is 2. The Balaban J connectivity index is 2.22. The maximum Gasteiger partial charge on any atom is 0.311 e. The van der Waals surface area contributed by atoms with E-state index in [2.05, 4.69) is 5.32 Å². The number of nitro groups is 1. The van der Waals surface area contributed by atoms with Crippen LogP contribution in [-0.4, -0.2) is 41.3 Å². The van der Waals surface area contributed by atoms with Crippen molar-refractivity contribution in [3.63, 3.8) is 0 Å². The van der Waals surface area contributed by atoms with Gasteiger partial charge in [-0.05, 0) is 37.6 Å². The molecular formula is C20H20F3N3O5. The van der Waals surface area contributed by atoms with Gasteiger partial charge in [-0.3, -0.25) is 19.7 Å². The molecule has 0 bridgehead atoms. The number of hydrogen-bond donors (Lipinski definition) is 1. The third-order valence-electron chi connectivity index (χ3n) is 4.13. The van der Waals surface area contributed by atoms with Gasteiger partial charge in [0.2, 0.25) is 5.91 Å². The lowest BCUT2D eigenvalue weighted by molar-refractivity contribution is -0.385. The number of nitrogens with zero attached hydrogens (tertiary/aromatic N) is 2. The lowest BCUT2D eigenvalue weighted by Crippen LogP contribution is -2.38. The summed E-state index contributed by atoms with van der Waals surface area (Å²) in [7, 11) is 0. The van der Waals surface area contributed by atoms with E-state index in [4.69, 9.17) is 4.74 Å². The highest BCUT2D eigenvalue weighted by molar-refractivity contribution is 6.00. The van der Waals surface area contributed by atoms with Crippen LogP contribution in [0.2, 0.25) is 0 Å². The van der Waals surface area contributed by atoms with Crippen molar-refractivity contribution in [1.29, 1.82) is 0 Å². The largest absolute Gasteiger partial charge is 0.487 e. The van der Waals surface area contributed by atoms with Gasteiger partial charge in [0.05, 0.1) is 17.2 Å². The number of carbonyl (C=O) groups is 2. The van der Waals surface area contributed by atoms with Crippen LogP contribution in [0, 0.1) is 27.6 Å². The smallest absolute Gasteiger partial charge is 0.311 e. The van der Waals surface area contributed by atoms with E-state index in [1.807, 2.05) is 0 Å². The number of halogens is 3. The average Bonchev–Trinajstić information content (AvgIpc) is 2.73. The predicted octanol–water partition coefficient (Wildman–Crippen LogP) is 3.90. The number of hydrogen-bond acceptors (Lipinski definition) is 5. The molecule has 0 saturated carbocycles. The van der Waals surface area contributed by atoms with Gasteiger partial charge in [0, 0.05) is 18.2 Å². The Morgan fingerprint density at radius 3 is 2.45 bits per heavy atom. The molecule has 2 rings (SSSR count).